The molecule has 80 valence electrons. The maximum atomic E-state index is 9.90. The Kier molecular flexibility index (Phi) is 5.57. The van der Waals surface area contributed by atoms with E-state index < -0.39 is 5.60 Å². The molecule has 0 aromatic rings. The lowest BCUT2D eigenvalue weighted by Gasteiger charge is -2.31. The van der Waals surface area contributed by atoms with Gasteiger partial charge in [-0.3, -0.25) is 0 Å². The highest BCUT2D eigenvalue weighted by atomic mass is 16.3. The van der Waals surface area contributed by atoms with Gasteiger partial charge in [-0.1, -0.05) is 27.7 Å². The molecule has 0 spiro atoms. The zero-order valence-corrected chi connectivity index (χ0v) is 9.80. The van der Waals surface area contributed by atoms with Crippen molar-refractivity contribution in [2.45, 2.75) is 46.6 Å². The van der Waals surface area contributed by atoms with Crippen molar-refractivity contribution in [3.8, 4) is 0 Å². The Hall–Kier alpha value is -0.0800. The van der Waals surface area contributed by atoms with Gasteiger partial charge in [-0.25, -0.2) is 0 Å². The van der Waals surface area contributed by atoms with Crippen molar-refractivity contribution in [1.82, 2.24) is 4.90 Å². The number of likely N-dealkylation sites (N-methyl/N-ethyl adjacent to an activating group) is 1. The van der Waals surface area contributed by atoms with Gasteiger partial charge in [-0.15, -0.1) is 0 Å². The molecular formula is C11H25NO. The molecule has 0 aromatic carbocycles. The highest BCUT2D eigenvalue weighted by Gasteiger charge is 2.21. The second-order valence-corrected chi connectivity index (χ2v) is 4.57. The fraction of sp³-hybridized carbons (Fsp3) is 1.00. The minimum Gasteiger partial charge on any atom is -0.389 e. The van der Waals surface area contributed by atoms with E-state index >= 15 is 0 Å². The van der Waals surface area contributed by atoms with Gasteiger partial charge < -0.3 is 10.0 Å². The van der Waals surface area contributed by atoms with Crippen LogP contribution < -0.4 is 0 Å². The van der Waals surface area contributed by atoms with Crippen LogP contribution >= 0.6 is 0 Å². The summed E-state index contributed by atoms with van der Waals surface area (Å²) >= 11 is 0. The van der Waals surface area contributed by atoms with Gasteiger partial charge in [0.25, 0.3) is 0 Å². The molecule has 2 nitrogen and oxygen atoms in total. The van der Waals surface area contributed by atoms with Crippen molar-refractivity contribution < 1.29 is 5.11 Å². The van der Waals surface area contributed by atoms with Crippen molar-refractivity contribution in [1.29, 1.82) is 0 Å². The highest BCUT2D eigenvalue weighted by Crippen LogP contribution is 2.11. The summed E-state index contributed by atoms with van der Waals surface area (Å²) < 4.78 is 0. The van der Waals surface area contributed by atoms with Crippen LogP contribution in [0.1, 0.15) is 41.0 Å². The highest BCUT2D eigenvalue weighted by molar-refractivity contribution is 4.75. The fourth-order valence-corrected chi connectivity index (χ4v) is 1.42. The maximum Gasteiger partial charge on any atom is 0.0743 e. The molecule has 0 heterocycles. The standard InChI is InChI=1S/C11H25NO/c1-6-11(5,13)9-12(7-2)8-10(3)4/h10,13H,6-9H2,1-5H3. The molecule has 0 aromatic heterocycles. The number of rotatable bonds is 6. The summed E-state index contributed by atoms with van der Waals surface area (Å²) in [4.78, 5) is 2.31. The van der Waals surface area contributed by atoms with Gasteiger partial charge in [0.15, 0.2) is 0 Å². The molecular weight excluding hydrogens is 162 g/mol. The van der Waals surface area contributed by atoms with Crippen LogP contribution in [0, 0.1) is 5.92 Å². The Labute approximate surface area is 82.9 Å². The van der Waals surface area contributed by atoms with Crippen LogP contribution in [-0.4, -0.2) is 35.2 Å². The van der Waals surface area contributed by atoms with E-state index in [-0.39, 0.29) is 0 Å². The molecule has 0 rings (SSSR count). The third-order valence-corrected chi connectivity index (χ3v) is 2.40. The molecule has 0 fully saturated rings. The second kappa shape index (κ2) is 5.61. The van der Waals surface area contributed by atoms with Crippen molar-refractivity contribution in [2.75, 3.05) is 19.6 Å². The number of nitrogens with zero attached hydrogens (tertiary/aromatic N) is 1. The zero-order chi connectivity index (χ0) is 10.5. The molecule has 0 bridgehead atoms. The maximum absolute atomic E-state index is 9.90. The number of hydrogen-bond donors (Lipinski definition) is 1. The first-order valence-electron chi connectivity index (χ1n) is 5.36. The molecule has 13 heavy (non-hydrogen) atoms. The lowest BCUT2D eigenvalue weighted by molar-refractivity contribution is 0.0149. The largest absolute Gasteiger partial charge is 0.389 e. The Bertz CT molecular complexity index is 132. The minimum absolute atomic E-state index is 0.523. The number of aliphatic hydroxyl groups is 1. The summed E-state index contributed by atoms with van der Waals surface area (Å²) in [5, 5.41) is 9.90. The molecule has 0 aliphatic heterocycles. The summed E-state index contributed by atoms with van der Waals surface area (Å²) in [6, 6.07) is 0. The van der Waals surface area contributed by atoms with Crippen molar-refractivity contribution in [3.05, 3.63) is 0 Å². The van der Waals surface area contributed by atoms with Crippen molar-refractivity contribution >= 4 is 0 Å². The van der Waals surface area contributed by atoms with E-state index in [1.807, 2.05) is 13.8 Å². The van der Waals surface area contributed by atoms with Crippen LogP contribution in [0.15, 0.2) is 0 Å². The minimum atomic E-state index is -0.523. The van der Waals surface area contributed by atoms with E-state index in [1.54, 1.807) is 0 Å². The second-order valence-electron chi connectivity index (χ2n) is 4.57. The molecule has 0 saturated carbocycles. The Morgan fingerprint density at radius 1 is 1.31 bits per heavy atom. The van der Waals surface area contributed by atoms with Crippen LogP contribution in [0.4, 0.5) is 0 Å². The summed E-state index contributed by atoms with van der Waals surface area (Å²) in [5.74, 6) is 0.674. The van der Waals surface area contributed by atoms with E-state index in [1.165, 1.54) is 0 Å². The normalized spacial score (nSPS) is 16.6. The Morgan fingerprint density at radius 2 is 1.85 bits per heavy atom. The zero-order valence-electron chi connectivity index (χ0n) is 9.80. The van der Waals surface area contributed by atoms with Gasteiger partial charge >= 0.3 is 0 Å². The van der Waals surface area contributed by atoms with E-state index in [2.05, 4.69) is 25.7 Å². The van der Waals surface area contributed by atoms with E-state index in [9.17, 15) is 5.11 Å². The molecule has 1 unspecified atom stereocenters. The molecule has 0 radical (unpaired) electrons. The smallest absolute Gasteiger partial charge is 0.0743 e. The average Bonchev–Trinajstić information content (AvgIpc) is 2.02. The molecule has 2 heteroatoms. The molecule has 0 saturated heterocycles. The molecule has 0 aliphatic carbocycles. The van der Waals surface area contributed by atoms with Gasteiger partial charge in [-0.2, -0.15) is 0 Å². The Balaban J connectivity index is 3.97. The van der Waals surface area contributed by atoms with Crippen molar-refractivity contribution in [3.63, 3.8) is 0 Å². The number of hydrogen-bond acceptors (Lipinski definition) is 2. The lowest BCUT2D eigenvalue weighted by atomic mass is 10.0. The summed E-state index contributed by atoms with van der Waals surface area (Å²) in [7, 11) is 0. The third kappa shape index (κ3) is 6.05. The fourth-order valence-electron chi connectivity index (χ4n) is 1.42. The first-order valence-corrected chi connectivity index (χ1v) is 5.36. The van der Waals surface area contributed by atoms with Crippen LogP contribution in [0.3, 0.4) is 0 Å². The van der Waals surface area contributed by atoms with Crippen molar-refractivity contribution in [2.24, 2.45) is 5.92 Å². The quantitative estimate of drug-likeness (QED) is 0.688. The first-order chi connectivity index (χ1) is 5.91. The molecule has 0 amide bonds. The van der Waals surface area contributed by atoms with Gasteiger partial charge in [0.05, 0.1) is 5.60 Å². The predicted octanol–water partition coefficient (Wildman–Crippen LogP) is 2.13. The van der Waals surface area contributed by atoms with Gasteiger partial charge in [0.2, 0.25) is 0 Å². The van der Waals surface area contributed by atoms with E-state index in [4.69, 9.17) is 0 Å². The third-order valence-electron chi connectivity index (χ3n) is 2.40. The lowest BCUT2D eigenvalue weighted by Crippen LogP contribution is -2.41. The molecule has 1 atom stereocenters. The topological polar surface area (TPSA) is 23.5 Å². The molecule has 1 N–H and O–H groups in total. The van der Waals surface area contributed by atoms with Crippen LogP contribution in [0.2, 0.25) is 0 Å². The van der Waals surface area contributed by atoms with Crippen LogP contribution in [0.25, 0.3) is 0 Å². The van der Waals surface area contributed by atoms with E-state index in [0.717, 1.165) is 26.1 Å². The van der Waals surface area contributed by atoms with Crippen LogP contribution in [-0.2, 0) is 0 Å². The van der Waals surface area contributed by atoms with Gasteiger partial charge in [-0.05, 0) is 25.8 Å². The van der Waals surface area contributed by atoms with Gasteiger partial charge in [0, 0.05) is 13.1 Å². The Morgan fingerprint density at radius 3 is 2.15 bits per heavy atom. The van der Waals surface area contributed by atoms with E-state index in [0.29, 0.717) is 5.92 Å². The summed E-state index contributed by atoms with van der Waals surface area (Å²) in [5.41, 5.74) is -0.523. The summed E-state index contributed by atoms with van der Waals surface area (Å²) in [6.45, 7) is 13.4. The predicted molar refractivity (Wildman–Crippen MR) is 57.9 cm³/mol. The monoisotopic (exact) mass is 187 g/mol. The van der Waals surface area contributed by atoms with Crippen LogP contribution in [0.5, 0.6) is 0 Å². The first kappa shape index (κ1) is 12.9. The SMILES string of the molecule is CCN(CC(C)C)CC(C)(O)CC. The average molecular weight is 187 g/mol. The molecule has 0 aliphatic rings. The summed E-state index contributed by atoms with van der Waals surface area (Å²) in [6.07, 6.45) is 0.821. The van der Waals surface area contributed by atoms with Gasteiger partial charge in [0.1, 0.15) is 0 Å².